The second kappa shape index (κ2) is 9.67. The zero-order chi connectivity index (χ0) is 21.8. The monoisotopic (exact) mass is 448 g/mol. The number of piperazine rings is 2. The van der Waals surface area contributed by atoms with Gasteiger partial charge in [-0.1, -0.05) is 18.2 Å². The molecule has 1 aromatic carbocycles. The van der Waals surface area contributed by atoms with Crippen LogP contribution in [0.1, 0.15) is 25.7 Å². The van der Waals surface area contributed by atoms with E-state index in [1.54, 1.807) is 35.2 Å². The van der Waals surface area contributed by atoms with E-state index < -0.39 is 10.0 Å². The van der Waals surface area contributed by atoms with E-state index in [0.29, 0.717) is 13.1 Å². The summed E-state index contributed by atoms with van der Waals surface area (Å²) in [5.41, 5.74) is 0. The maximum Gasteiger partial charge on any atom is 0.243 e. The maximum absolute atomic E-state index is 12.7. The molecule has 0 unspecified atom stereocenters. The number of hydrogen-bond donors (Lipinski definition) is 0. The average Bonchev–Trinajstić information content (AvgIpc) is 3.62. The van der Waals surface area contributed by atoms with Gasteiger partial charge in [0.05, 0.1) is 4.90 Å². The van der Waals surface area contributed by atoms with Crippen molar-refractivity contribution in [3.05, 3.63) is 30.3 Å². The van der Waals surface area contributed by atoms with Gasteiger partial charge in [0.2, 0.25) is 21.8 Å². The highest BCUT2D eigenvalue weighted by Crippen LogP contribution is 2.30. The van der Waals surface area contributed by atoms with Crippen LogP contribution in [0.5, 0.6) is 0 Å². The Morgan fingerprint density at radius 1 is 0.774 bits per heavy atom. The number of carbonyl (C=O) groups excluding carboxylic acids is 2. The van der Waals surface area contributed by atoms with Gasteiger partial charge in [-0.05, 0) is 30.9 Å². The van der Waals surface area contributed by atoms with Gasteiger partial charge in [-0.15, -0.1) is 0 Å². The molecule has 0 N–H and O–H groups in total. The molecule has 0 aromatic heterocycles. The third-order valence-electron chi connectivity index (χ3n) is 6.46. The van der Waals surface area contributed by atoms with Gasteiger partial charge in [0.1, 0.15) is 0 Å². The van der Waals surface area contributed by atoms with Gasteiger partial charge in [-0.2, -0.15) is 4.31 Å². The minimum Gasteiger partial charge on any atom is -0.340 e. The minimum atomic E-state index is -3.53. The quantitative estimate of drug-likeness (QED) is 0.618. The van der Waals surface area contributed by atoms with Crippen LogP contribution in [0.3, 0.4) is 0 Å². The predicted octanol–water partition coefficient (Wildman–Crippen LogP) is 0.854. The number of benzene rings is 1. The molecular formula is C22H32N4O4S. The fourth-order valence-corrected chi connectivity index (χ4v) is 5.74. The lowest BCUT2D eigenvalue weighted by Crippen LogP contribution is -2.51. The summed E-state index contributed by atoms with van der Waals surface area (Å²) < 4.78 is 26.8. The van der Waals surface area contributed by atoms with E-state index in [2.05, 4.69) is 4.90 Å². The molecule has 1 aliphatic carbocycles. The van der Waals surface area contributed by atoms with Crippen LogP contribution in [0.4, 0.5) is 0 Å². The van der Waals surface area contributed by atoms with E-state index in [9.17, 15) is 18.0 Å². The Labute approximate surface area is 184 Å². The van der Waals surface area contributed by atoms with Crippen molar-refractivity contribution in [3.8, 4) is 0 Å². The van der Waals surface area contributed by atoms with Crippen LogP contribution in [0.15, 0.2) is 35.2 Å². The number of carbonyl (C=O) groups is 2. The van der Waals surface area contributed by atoms with E-state index in [4.69, 9.17) is 0 Å². The normalized spacial score (nSPS) is 21.3. The highest BCUT2D eigenvalue weighted by Gasteiger charge is 2.31. The van der Waals surface area contributed by atoms with Crippen molar-refractivity contribution in [1.82, 2.24) is 19.0 Å². The molecule has 2 saturated heterocycles. The first kappa shape index (κ1) is 22.2. The molecule has 0 radical (unpaired) electrons. The molecule has 0 bridgehead atoms. The number of rotatable bonds is 7. The van der Waals surface area contributed by atoms with E-state index >= 15 is 0 Å². The van der Waals surface area contributed by atoms with Crippen molar-refractivity contribution in [3.63, 3.8) is 0 Å². The van der Waals surface area contributed by atoms with E-state index in [-0.39, 0.29) is 42.6 Å². The third kappa shape index (κ3) is 5.64. The summed E-state index contributed by atoms with van der Waals surface area (Å²) in [5, 5.41) is 0. The summed E-state index contributed by atoms with van der Waals surface area (Å²) in [4.78, 5) is 31.4. The van der Waals surface area contributed by atoms with Gasteiger partial charge in [-0.3, -0.25) is 14.5 Å². The molecule has 0 atom stereocenters. The lowest BCUT2D eigenvalue weighted by molar-refractivity contribution is -0.138. The second-order valence-electron chi connectivity index (χ2n) is 8.72. The van der Waals surface area contributed by atoms with Crippen molar-refractivity contribution in [1.29, 1.82) is 0 Å². The summed E-state index contributed by atoms with van der Waals surface area (Å²) in [7, 11) is -3.53. The third-order valence-corrected chi connectivity index (χ3v) is 8.38. The summed E-state index contributed by atoms with van der Waals surface area (Å²) in [6, 6.07) is 8.37. The molecule has 8 nitrogen and oxygen atoms in total. The number of hydrogen-bond acceptors (Lipinski definition) is 5. The van der Waals surface area contributed by atoms with Gasteiger partial charge in [0.25, 0.3) is 0 Å². The van der Waals surface area contributed by atoms with Gasteiger partial charge in [0, 0.05) is 71.7 Å². The van der Waals surface area contributed by atoms with Crippen LogP contribution < -0.4 is 0 Å². The van der Waals surface area contributed by atoms with E-state index in [1.807, 2.05) is 4.90 Å². The van der Waals surface area contributed by atoms with Crippen LogP contribution in [0.2, 0.25) is 0 Å². The summed E-state index contributed by atoms with van der Waals surface area (Å²) >= 11 is 0. The molecule has 3 aliphatic rings. The molecule has 170 valence electrons. The Morgan fingerprint density at radius 3 is 1.81 bits per heavy atom. The summed E-state index contributed by atoms with van der Waals surface area (Å²) in [6.45, 7) is 5.78. The first-order chi connectivity index (χ1) is 14.9. The molecule has 31 heavy (non-hydrogen) atoms. The lowest BCUT2D eigenvalue weighted by Gasteiger charge is -2.35. The first-order valence-electron chi connectivity index (χ1n) is 11.3. The van der Waals surface area contributed by atoms with Crippen molar-refractivity contribution in [2.24, 2.45) is 5.92 Å². The number of nitrogens with zero attached hydrogens (tertiary/aromatic N) is 4. The average molecular weight is 449 g/mol. The standard InChI is InChI=1S/C22H32N4O4S/c27-21(24-12-10-23(11-13-24)18-19-6-7-19)8-9-22(28)25-14-16-26(17-15-25)31(29,30)20-4-2-1-3-5-20/h1-5,19H,6-18H2. The first-order valence-corrected chi connectivity index (χ1v) is 12.7. The number of sulfonamides is 1. The Balaban J connectivity index is 1.18. The zero-order valence-corrected chi connectivity index (χ0v) is 18.8. The molecule has 9 heteroatoms. The van der Waals surface area contributed by atoms with Gasteiger partial charge in [-0.25, -0.2) is 8.42 Å². The molecule has 2 aliphatic heterocycles. The van der Waals surface area contributed by atoms with Crippen LogP contribution in [-0.4, -0.2) is 98.1 Å². The highest BCUT2D eigenvalue weighted by atomic mass is 32.2. The predicted molar refractivity (Wildman–Crippen MR) is 117 cm³/mol. The molecule has 0 spiro atoms. The van der Waals surface area contributed by atoms with Crippen molar-refractivity contribution < 1.29 is 18.0 Å². The highest BCUT2D eigenvalue weighted by molar-refractivity contribution is 7.89. The smallest absolute Gasteiger partial charge is 0.243 e. The Morgan fingerprint density at radius 2 is 1.29 bits per heavy atom. The molecule has 2 amide bonds. The van der Waals surface area contributed by atoms with Gasteiger partial charge in [0.15, 0.2) is 0 Å². The summed E-state index contributed by atoms with van der Waals surface area (Å²) in [6.07, 6.45) is 3.10. The van der Waals surface area contributed by atoms with Gasteiger partial charge < -0.3 is 9.80 Å². The molecular weight excluding hydrogens is 416 g/mol. The summed E-state index contributed by atoms with van der Waals surface area (Å²) in [5.74, 6) is 0.838. The van der Waals surface area contributed by atoms with E-state index in [1.165, 1.54) is 17.1 Å². The van der Waals surface area contributed by atoms with Crippen molar-refractivity contribution in [2.75, 3.05) is 58.9 Å². The Bertz CT molecular complexity index is 872. The molecule has 2 heterocycles. The zero-order valence-electron chi connectivity index (χ0n) is 18.0. The second-order valence-corrected chi connectivity index (χ2v) is 10.7. The molecule has 4 rings (SSSR count). The Kier molecular flexibility index (Phi) is 6.93. The Hall–Kier alpha value is -1.97. The van der Waals surface area contributed by atoms with Crippen LogP contribution in [0, 0.1) is 5.92 Å². The van der Waals surface area contributed by atoms with Crippen molar-refractivity contribution in [2.45, 2.75) is 30.6 Å². The molecule has 1 aromatic rings. The minimum absolute atomic E-state index is 0.0460. The van der Waals surface area contributed by atoms with Crippen LogP contribution in [0.25, 0.3) is 0 Å². The van der Waals surface area contributed by atoms with Crippen LogP contribution >= 0.6 is 0 Å². The fourth-order valence-electron chi connectivity index (χ4n) is 4.29. The van der Waals surface area contributed by atoms with Crippen molar-refractivity contribution >= 4 is 21.8 Å². The van der Waals surface area contributed by atoms with Crippen LogP contribution in [-0.2, 0) is 19.6 Å². The maximum atomic E-state index is 12.7. The largest absolute Gasteiger partial charge is 0.340 e. The lowest BCUT2D eigenvalue weighted by atomic mass is 10.2. The number of amides is 2. The molecule has 3 fully saturated rings. The van der Waals surface area contributed by atoms with Gasteiger partial charge >= 0.3 is 0 Å². The SMILES string of the molecule is O=C(CCC(=O)N1CCN(S(=O)(=O)c2ccccc2)CC1)N1CCN(CC2CC2)CC1. The fraction of sp³-hybridized carbons (Fsp3) is 0.636. The molecule has 1 saturated carbocycles. The topological polar surface area (TPSA) is 81.2 Å². The van der Waals surface area contributed by atoms with E-state index in [0.717, 1.165) is 38.6 Å².